The van der Waals surface area contributed by atoms with Crippen molar-refractivity contribution < 1.29 is 37.6 Å². The van der Waals surface area contributed by atoms with Gasteiger partial charge in [0.15, 0.2) is 19.0 Å². The maximum atomic E-state index is 10.2. The molecule has 0 aromatic rings. The predicted octanol–water partition coefficient (Wildman–Crippen LogP) is -3.67. The van der Waals surface area contributed by atoms with Crippen LogP contribution in [0.4, 0.5) is 0 Å². The van der Waals surface area contributed by atoms with Gasteiger partial charge < -0.3 is 32.8 Å². The Morgan fingerprint density at radius 3 is 1.69 bits per heavy atom. The summed E-state index contributed by atoms with van der Waals surface area (Å²) in [5.41, 5.74) is 0. The number of halogens is 1. The lowest BCUT2D eigenvalue weighted by Gasteiger charge is -2.18. The number of aliphatic carboxylic acids is 1. The molecule has 0 rings (SSSR count). The molecule has 13 heavy (non-hydrogen) atoms. The van der Waals surface area contributed by atoms with Crippen molar-refractivity contribution in [3.8, 4) is 0 Å². The van der Waals surface area contributed by atoms with Crippen LogP contribution in [0.3, 0.4) is 0 Å². The summed E-state index contributed by atoms with van der Waals surface area (Å²) < 4.78 is 0. The zero-order valence-corrected chi connectivity index (χ0v) is 8.71. The minimum absolute atomic E-state index is 0. The minimum atomic E-state index is -2.21. The number of hydrogen-bond acceptors (Lipinski definition) is 4. The highest BCUT2D eigenvalue weighted by molar-refractivity contribution is 7.75. The fourth-order valence-corrected chi connectivity index (χ4v) is 2.04. The van der Waals surface area contributed by atoms with E-state index in [1.54, 1.807) is 0 Å². The molecule has 0 atom stereocenters. The summed E-state index contributed by atoms with van der Waals surface area (Å²) >= 11 is 0. The molecule has 0 bridgehead atoms. The highest BCUT2D eigenvalue weighted by Crippen LogP contribution is 2.56. The molecule has 0 saturated carbocycles. The highest BCUT2D eigenvalue weighted by Gasteiger charge is 2.35. The summed E-state index contributed by atoms with van der Waals surface area (Å²) in [7, 11) is -2.21. The molecule has 80 valence electrons. The molecule has 0 amide bonds. The Balaban J connectivity index is 0. The second-order valence-corrected chi connectivity index (χ2v) is 6.61. The van der Waals surface area contributed by atoms with Crippen LogP contribution in [0.1, 0.15) is 6.42 Å². The first-order valence-electron chi connectivity index (χ1n) is 3.49. The summed E-state index contributed by atoms with van der Waals surface area (Å²) in [6.45, 7) is 0. The van der Waals surface area contributed by atoms with Gasteiger partial charge in [0, 0.05) is 0 Å². The molecule has 0 aliphatic heterocycles. The summed E-state index contributed by atoms with van der Waals surface area (Å²) in [5.74, 6) is -0.977. The van der Waals surface area contributed by atoms with Crippen LogP contribution in [-0.2, 0) is 4.79 Å². The van der Waals surface area contributed by atoms with E-state index < -0.39 is 13.2 Å². The highest BCUT2D eigenvalue weighted by atomic mass is 35.5. The zero-order chi connectivity index (χ0) is 9.61. The van der Waals surface area contributed by atoms with Crippen LogP contribution in [0, 0.1) is 0 Å². The molecule has 0 fully saturated rings. The van der Waals surface area contributed by atoms with Gasteiger partial charge in [-0.15, -0.1) is 0 Å². The van der Waals surface area contributed by atoms with Crippen molar-refractivity contribution in [2.75, 3.05) is 25.2 Å². The molecule has 0 unspecified atom stereocenters. The average molecular weight is 233 g/mol. The molecule has 7 heteroatoms. The largest absolute Gasteiger partial charge is 1.00 e. The first-order valence-corrected chi connectivity index (χ1v) is 6.02. The van der Waals surface area contributed by atoms with Gasteiger partial charge in [0.2, 0.25) is 0 Å². The number of carboxylic acid groups (broad SMARTS) is 1. The second kappa shape index (κ2) is 7.47. The lowest BCUT2D eigenvalue weighted by molar-refractivity contribution is -0.136. The van der Waals surface area contributed by atoms with Crippen molar-refractivity contribution in [3.63, 3.8) is 0 Å². The van der Waals surface area contributed by atoms with Crippen molar-refractivity contribution in [2.24, 2.45) is 0 Å². The third kappa shape index (κ3) is 5.39. The van der Waals surface area contributed by atoms with Crippen molar-refractivity contribution in [1.82, 2.24) is 0 Å². The molecule has 0 aromatic carbocycles. The normalized spacial score (nSPS) is 10.7. The summed E-state index contributed by atoms with van der Waals surface area (Å²) in [6.07, 6.45) is -0.824. The fraction of sp³-hybridized carbons (Fsp3) is 0.833. The van der Waals surface area contributed by atoms with Gasteiger partial charge in [-0.1, -0.05) is 0 Å². The van der Waals surface area contributed by atoms with E-state index in [1.807, 2.05) is 0 Å². The van der Waals surface area contributed by atoms with Gasteiger partial charge in [-0.05, 0) is 0 Å². The molecule has 5 nitrogen and oxygen atoms in total. The van der Waals surface area contributed by atoms with Crippen molar-refractivity contribution in [2.45, 2.75) is 6.42 Å². The van der Waals surface area contributed by atoms with Gasteiger partial charge in [-0.25, -0.2) is 0 Å². The zero-order valence-electron chi connectivity index (χ0n) is 7.06. The van der Waals surface area contributed by atoms with Crippen molar-refractivity contribution >= 4 is 13.2 Å². The second-order valence-electron chi connectivity index (χ2n) is 2.63. The number of hydrogen-bond donors (Lipinski definition) is 4. The molecule has 0 saturated heterocycles. The van der Waals surface area contributed by atoms with E-state index in [9.17, 15) is 4.79 Å². The monoisotopic (exact) mass is 232 g/mol. The van der Waals surface area contributed by atoms with Crippen LogP contribution in [0.2, 0.25) is 0 Å². The Labute approximate surface area is 83.1 Å². The van der Waals surface area contributed by atoms with E-state index in [-0.39, 0.29) is 44.0 Å². The van der Waals surface area contributed by atoms with Gasteiger partial charge in [-0.3, -0.25) is 4.79 Å². The lowest BCUT2D eigenvalue weighted by Crippen LogP contribution is -3.00. The topological polar surface area (TPSA) is 98.0 Å². The van der Waals surface area contributed by atoms with Crippen LogP contribution < -0.4 is 12.4 Å². The van der Waals surface area contributed by atoms with Gasteiger partial charge in [0.05, 0.1) is 19.8 Å². The molecule has 0 radical (unpaired) electrons. The third-order valence-corrected chi connectivity index (χ3v) is 4.67. The number of carbonyl (C=O) groups is 1. The van der Waals surface area contributed by atoms with Gasteiger partial charge in [-0.2, -0.15) is 0 Å². The van der Waals surface area contributed by atoms with E-state index in [4.69, 9.17) is 20.4 Å². The van der Waals surface area contributed by atoms with E-state index in [1.165, 1.54) is 0 Å². The molecular weight excluding hydrogens is 218 g/mol. The number of aliphatic hydroxyl groups excluding tert-OH is 3. The Kier molecular flexibility index (Phi) is 8.93. The molecule has 0 aliphatic rings. The Hall–Kier alpha value is 0.0700. The average Bonchev–Trinajstić information content (AvgIpc) is 2.08. The quantitative estimate of drug-likeness (QED) is 0.354. The number of carboxylic acids is 1. The van der Waals surface area contributed by atoms with Gasteiger partial charge in [0.1, 0.15) is 0 Å². The third-order valence-electron chi connectivity index (χ3n) is 1.70. The summed E-state index contributed by atoms with van der Waals surface area (Å²) in [5, 5.41) is 34.8. The Morgan fingerprint density at radius 2 is 1.46 bits per heavy atom. The maximum Gasteiger partial charge on any atom is 0.307 e. The van der Waals surface area contributed by atoms with Crippen LogP contribution in [0.5, 0.6) is 0 Å². The smallest absolute Gasteiger partial charge is 0.307 e. The standard InChI is InChI=1S/C6H13O5P.ClH/c7-3-12(4-8,5-9)2-1-6(10)11;/h7-9H,1-5H2;1H. The maximum absolute atomic E-state index is 10.2. The Morgan fingerprint density at radius 1 is 1.08 bits per heavy atom. The van der Waals surface area contributed by atoms with Crippen molar-refractivity contribution in [1.29, 1.82) is 0 Å². The SMILES string of the molecule is O=C(O)CC[P+](CO)(CO)CO.[Cl-]. The van der Waals surface area contributed by atoms with Crippen LogP contribution in [0.15, 0.2) is 0 Å². The van der Waals surface area contributed by atoms with E-state index in [2.05, 4.69) is 0 Å². The summed E-state index contributed by atoms with van der Waals surface area (Å²) in [6, 6.07) is 0. The van der Waals surface area contributed by atoms with Gasteiger partial charge in [0.25, 0.3) is 0 Å². The first-order chi connectivity index (χ1) is 5.60. The molecule has 0 spiro atoms. The van der Waals surface area contributed by atoms with Crippen LogP contribution in [-0.4, -0.2) is 51.6 Å². The first kappa shape index (κ1) is 15.5. The van der Waals surface area contributed by atoms with Crippen molar-refractivity contribution in [3.05, 3.63) is 0 Å². The number of rotatable bonds is 6. The Bertz CT molecular complexity index is 142. The fourth-order valence-electron chi connectivity index (χ4n) is 0.679. The molecule has 0 heterocycles. The lowest BCUT2D eigenvalue weighted by atomic mass is 10.5. The minimum Gasteiger partial charge on any atom is -1.00 e. The van der Waals surface area contributed by atoms with Crippen LogP contribution >= 0.6 is 7.26 Å². The van der Waals surface area contributed by atoms with Gasteiger partial charge >= 0.3 is 5.97 Å². The number of aliphatic hydroxyl groups is 3. The van der Waals surface area contributed by atoms with E-state index in [0.29, 0.717) is 0 Å². The molecule has 0 aliphatic carbocycles. The molecule has 4 N–H and O–H groups in total. The molecule has 0 aromatic heterocycles. The van der Waals surface area contributed by atoms with E-state index in [0.717, 1.165) is 0 Å². The van der Waals surface area contributed by atoms with E-state index >= 15 is 0 Å². The molecular formula is C6H14ClO5P. The van der Waals surface area contributed by atoms with Crippen LogP contribution in [0.25, 0.3) is 0 Å². The summed E-state index contributed by atoms with van der Waals surface area (Å²) in [4.78, 5) is 10.2. The predicted molar refractivity (Wildman–Crippen MR) is 45.3 cm³/mol.